The Morgan fingerprint density at radius 1 is 1.36 bits per heavy atom. The van der Waals surface area contributed by atoms with Crippen molar-refractivity contribution in [3.05, 3.63) is 40.4 Å². The molecule has 136 valence electrons. The molecule has 0 aliphatic carbocycles. The summed E-state index contributed by atoms with van der Waals surface area (Å²) in [7, 11) is 1.25. The van der Waals surface area contributed by atoms with E-state index in [1.165, 1.54) is 19.2 Å². The molecule has 1 unspecified atom stereocenters. The van der Waals surface area contributed by atoms with Crippen LogP contribution in [0.5, 0.6) is 0 Å². The maximum Gasteiger partial charge on any atom is 0.416 e. The Morgan fingerprint density at radius 2 is 2.08 bits per heavy atom. The molecule has 0 saturated carbocycles. The minimum absolute atomic E-state index is 0.00272. The molecule has 9 heteroatoms. The highest BCUT2D eigenvalue weighted by Gasteiger charge is 2.36. The van der Waals surface area contributed by atoms with Crippen LogP contribution in [-0.2, 0) is 20.5 Å². The Kier molecular flexibility index (Phi) is 6.10. The summed E-state index contributed by atoms with van der Waals surface area (Å²) in [6.07, 6.45) is -4.06. The molecule has 0 spiro atoms. The van der Waals surface area contributed by atoms with Crippen LogP contribution in [0.1, 0.15) is 24.0 Å². The van der Waals surface area contributed by atoms with E-state index in [1.54, 1.807) is 0 Å². The van der Waals surface area contributed by atoms with Gasteiger partial charge in [0, 0.05) is 13.0 Å². The third-order valence-electron chi connectivity index (χ3n) is 3.45. The topological polar surface area (TPSA) is 55.4 Å². The van der Waals surface area contributed by atoms with Crippen molar-refractivity contribution in [2.45, 2.75) is 24.5 Å². The summed E-state index contributed by atoms with van der Waals surface area (Å²) in [6.45, 7) is 0.250. The molecule has 1 aliphatic heterocycles. The van der Waals surface area contributed by atoms with E-state index in [0.29, 0.717) is 18.2 Å². The van der Waals surface area contributed by atoms with Crippen molar-refractivity contribution in [1.29, 1.82) is 0 Å². The number of ether oxygens (including phenoxy) is 1. The molecule has 1 aliphatic rings. The maximum atomic E-state index is 13.8. The quantitative estimate of drug-likeness (QED) is 0.467. The van der Waals surface area contributed by atoms with Crippen molar-refractivity contribution in [1.82, 2.24) is 5.32 Å². The van der Waals surface area contributed by atoms with Crippen LogP contribution in [0.3, 0.4) is 0 Å². The standard InChI is InChI=1S/C16H15F4NO3S/c1-24-11(22)6-3-7-21-15-12(13(23)14(17)25-15)9-4-2-5-10(8-9)16(18,19)20/h2,4-5,8,14,21H,3,6-7H2,1H3. The molecule has 0 amide bonds. The van der Waals surface area contributed by atoms with Gasteiger partial charge in [-0.25, -0.2) is 4.39 Å². The predicted octanol–water partition coefficient (Wildman–Crippen LogP) is 3.53. The van der Waals surface area contributed by atoms with Gasteiger partial charge in [-0.3, -0.25) is 9.59 Å². The number of halogens is 4. The Hall–Kier alpha value is -2.03. The number of thioether (sulfide) groups is 1. The molecule has 1 aromatic rings. The molecule has 1 heterocycles. The summed E-state index contributed by atoms with van der Waals surface area (Å²) < 4.78 is 56.8. The van der Waals surface area contributed by atoms with Crippen molar-refractivity contribution in [3.63, 3.8) is 0 Å². The van der Waals surface area contributed by atoms with Gasteiger partial charge in [0.25, 0.3) is 0 Å². The number of allylic oxidation sites excluding steroid dienone is 1. The summed E-state index contributed by atoms with van der Waals surface area (Å²) in [5.74, 6) is -1.29. The number of carbonyl (C=O) groups excluding carboxylic acids is 2. The Morgan fingerprint density at radius 3 is 2.72 bits per heavy atom. The van der Waals surface area contributed by atoms with Crippen LogP contribution in [-0.4, -0.2) is 30.9 Å². The number of rotatable bonds is 6. The van der Waals surface area contributed by atoms with Gasteiger partial charge >= 0.3 is 12.1 Å². The highest BCUT2D eigenvalue weighted by Crippen LogP contribution is 2.40. The lowest BCUT2D eigenvalue weighted by Gasteiger charge is -2.11. The minimum atomic E-state index is -4.56. The third-order valence-corrected chi connectivity index (χ3v) is 4.46. The van der Waals surface area contributed by atoms with E-state index in [0.717, 1.165) is 12.1 Å². The van der Waals surface area contributed by atoms with E-state index in [2.05, 4.69) is 10.1 Å². The van der Waals surface area contributed by atoms with Crippen LogP contribution in [0.4, 0.5) is 17.6 Å². The van der Waals surface area contributed by atoms with Crippen LogP contribution in [0.25, 0.3) is 5.57 Å². The van der Waals surface area contributed by atoms with Gasteiger partial charge in [0.1, 0.15) is 0 Å². The molecule has 1 N–H and O–H groups in total. The van der Waals surface area contributed by atoms with Gasteiger partial charge in [0.05, 0.1) is 23.3 Å². The average Bonchev–Trinajstić information content (AvgIpc) is 2.85. The summed E-state index contributed by atoms with van der Waals surface area (Å²) in [6, 6.07) is 4.20. The number of hydrogen-bond acceptors (Lipinski definition) is 5. The van der Waals surface area contributed by atoms with Gasteiger partial charge in [-0.1, -0.05) is 23.9 Å². The van der Waals surface area contributed by atoms with Crippen LogP contribution in [0.2, 0.25) is 0 Å². The number of nitrogens with one attached hydrogen (secondary N) is 1. The second-order valence-corrected chi connectivity index (χ2v) is 6.25. The number of esters is 1. The summed E-state index contributed by atoms with van der Waals surface area (Å²) in [5, 5.41) is 2.99. The largest absolute Gasteiger partial charge is 0.469 e. The number of methoxy groups -OCH3 is 1. The fourth-order valence-electron chi connectivity index (χ4n) is 2.23. The lowest BCUT2D eigenvalue weighted by molar-refractivity contribution is -0.140. The molecule has 0 saturated heterocycles. The van der Waals surface area contributed by atoms with Gasteiger partial charge < -0.3 is 10.1 Å². The van der Waals surface area contributed by atoms with Crippen molar-refractivity contribution in [2.24, 2.45) is 0 Å². The molecule has 25 heavy (non-hydrogen) atoms. The van der Waals surface area contributed by atoms with Crippen LogP contribution >= 0.6 is 11.8 Å². The smallest absolute Gasteiger partial charge is 0.416 e. The normalized spacial score (nSPS) is 17.8. The van der Waals surface area contributed by atoms with Crippen LogP contribution in [0.15, 0.2) is 29.3 Å². The molecular weight excluding hydrogens is 362 g/mol. The van der Waals surface area contributed by atoms with E-state index in [4.69, 9.17) is 0 Å². The second kappa shape index (κ2) is 7.90. The first-order valence-corrected chi connectivity index (χ1v) is 8.19. The molecule has 0 fully saturated rings. The first-order valence-electron chi connectivity index (χ1n) is 7.31. The lowest BCUT2D eigenvalue weighted by atomic mass is 10.0. The SMILES string of the molecule is COC(=O)CCCNC1=C(c2cccc(C(F)(F)F)c2)C(=O)C(F)S1. The molecule has 4 nitrogen and oxygen atoms in total. The number of Topliss-reactive ketones (excluding diaryl/α,β-unsaturated/α-hetero) is 1. The highest BCUT2D eigenvalue weighted by molar-refractivity contribution is 8.05. The second-order valence-electron chi connectivity index (χ2n) is 5.19. The first kappa shape index (κ1) is 19.3. The van der Waals surface area contributed by atoms with E-state index in [1.807, 2.05) is 0 Å². The maximum absolute atomic E-state index is 13.8. The number of alkyl halides is 4. The van der Waals surface area contributed by atoms with Gasteiger partial charge in [-0.2, -0.15) is 13.2 Å². The summed E-state index contributed by atoms with van der Waals surface area (Å²) in [5.41, 5.74) is -2.89. The van der Waals surface area contributed by atoms with Gasteiger partial charge in [-0.05, 0) is 24.1 Å². The number of benzene rings is 1. The number of carbonyl (C=O) groups is 2. The number of hydrogen-bond donors (Lipinski definition) is 1. The van der Waals surface area contributed by atoms with Gasteiger partial charge in [0.2, 0.25) is 11.3 Å². The van der Waals surface area contributed by atoms with E-state index in [9.17, 15) is 27.2 Å². The van der Waals surface area contributed by atoms with Gasteiger partial charge in [0.15, 0.2) is 0 Å². The lowest BCUT2D eigenvalue weighted by Crippen LogP contribution is -2.15. The zero-order valence-electron chi connectivity index (χ0n) is 13.2. The molecule has 0 bridgehead atoms. The fourth-order valence-corrected chi connectivity index (χ4v) is 3.19. The van der Waals surface area contributed by atoms with E-state index < -0.39 is 29.0 Å². The minimum Gasteiger partial charge on any atom is -0.469 e. The molecule has 1 aromatic carbocycles. The molecule has 2 rings (SSSR count). The van der Waals surface area contributed by atoms with Crippen LogP contribution in [0, 0.1) is 0 Å². The van der Waals surface area contributed by atoms with Crippen molar-refractivity contribution in [2.75, 3.05) is 13.7 Å². The number of ketones is 1. The monoisotopic (exact) mass is 377 g/mol. The van der Waals surface area contributed by atoms with Crippen molar-refractivity contribution in [3.8, 4) is 0 Å². The van der Waals surface area contributed by atoms with Gasteiger partial charge in [-0.15, -0.1) is 0 Å². The first-order chi connectivity index (χ1) is 11.7. The Bertz CT molecular complexity index is 703. The fraction of sp³-hybridized carbons (Fsp3) is 0.375. The Labute approximate surface area is 145 Å². The average molecular weight is 377 g/mol. The zero-order valence-corrected chi connectivity index (χ0v) is 14.0. The van der Waals surface area contributed by atoms with Crippen LogP contribution < -0.4 is 5.32 Å². The predicted molar refractivity (Wildman–Crippen MR) is 85.1 cm³/mol. The summed E-state index contributed by atoms with van der Waals surface area (Å²) in [4.78, 5) is 23.1. The van der Waals surface area contributed by atoms with Crippen molar-refractivity contribution < 1.29 is 31.9 Å². The highest BCUT2D eigenvalue weighted by atomic mass is 32.2. The molecule has 0 aromatic heterocycles. The molecule has 1 atom stereocenters. The third kappa shape index (κ3) is 4.75. The van der Waals surface area contributed by atoms with Crippen molar-refractivity contribution >= 4 is 29.1 Å². The van der Waals surface area contributed by atoms with E-state index >= 15 is 0 Å². The Balaban J connectivity index is 2.21. The zero-order chi connectivity index (χ0) is 18.6. The van der Waals surface area contributed by atoms with E-state index in [-0.39, 0.29) is 29.1 Å². The summed E-state index contributed by atoms with van der Waals surface area (Å²) >= 11 is 0.609. The molecular formula is C16H15F4NO3S. The molecule has 0 radical (unpaired) electrons.